The third-order valence-electron chi connectivity index (χ3n) is 13.2. The van der Waals surface area contributed by atoms with Crippen molar-refractivity contribution in [2.75, 3.05) is 4.90 Å². The lowest BCUT2D eigenvalue weighted by atomic mass is 9.81. The summed E-state index contributed by atoms with van der Waals surface area (Å²) >= 11 is 0. The molecule has 0 radical (unpaired) electrons. The zero-order valence-corrected chi connectivity index (χ0v) is 29.7. The molecule has 50 heavy (non-hydrogen) atoms. The second-order valence-electron chi connectivity index (χ2n) is 16.6. The van der Waals surface area contributed by atoms with Crippen molar-refractivity contribution in [2.24, 2.45) is 11.8 Å². The molecule has 2 bridgehead atoms. The first-order valence-corrected chi connectivity index (χ1v) is 18.8. The van der Waals surface area contributed by atoms with Crippen LogP contribution in [0.5, 0.6) is 0 Å². The summed E-state index contributed by atoms with van der Waals surface area (Å²) < 4.78 is 0. The molecule has 1 nitrogen and oxygen atoms in total. The Morgan fingerprint density at radius 1 is 0.480 bits per heavy atom. The third kappa shape index (κ3) is 4.32. The van der Waals surface area contributed by atoms with Gasteiger partial charge in [-0.3, -0.25) is 0 Å². The minimum Gasteiger partial charge on any atom is -0.310 e. The molecule has 246 valence electrons. The smallest absolute Gasteiger partial charge is 0.0465 e. The highest BCUT2D eigenvalue weighted by atomic mass is 15.1. The van der Waals surface area contributed by atoms with Crippen molar-refractivity contribution in [1.82, 2.24) is 0 Å². The number of hydrogen-bond donors (Lipinski definition) is 0. The normalized spacial score (nSPS) is 21.4. The minimum absolute atomic E-state index is 0.00916. The molecular formula is C49H45N. The van der Waals surface area contributed by atoms with Crippen LogP contribution in [0.2, 0.25) is 0 Å². The van der Waals surface area contributed by atoms with Gasteiger partial charge in [0.15, 0.2) is 0 Å². The Labute approximate surface area is 297 Å². The van der Waals surface area contributed by atoms with Crippen LogP contribution in [0.1, 0.15) is 87.1 Å². The lowest BCUT2D eigenvalue weighted by Gasteiger charge is -2.29. The molecule has 1 heteroatoms. The number of benzene rings is 6. The van der Waals surface area contributed by atoms with Gasteiger partial charge in [-0.05, 0) is 141 Å². The fourth-order valence-corrected chi connectivity index (χ4v) is 10.6. The number of fused-ring (bicyclic) bond motifs is 8. The summed E-state index contributed by atoms with van der Waals surface area (Å²) in [7, 11) is 0. The van der Waals surface area contributed by atoms with Crippen LogP contribution in [0.25, 0.3) is 33.4 Å². The summed E-state index contributed by atoms with van der Waals surface area (Å²) in [5, 5.41) is 0. The van der Waals surface area contributed by atoms with Crippen molar-refractivity contribution in [3.05, 3.63) is 161 Å². The van der Waals surface area contributed by atoms with E-state index in [1.54, 1.807) is 0 Å². The lowest BCUT2D eigenvalue weighted by molar-refractivity contribution is 0.420. The molecule has 0 aliphatic heterocycles. The first-order chi connectivity index (χ1) is 24.3. The van der Waals surface area contributed by atoms with E-state index >= 15 is 0 Å². The zero-order chi connectivity index (χ0) is 33.8. The number of anilines is 3. The topological polar surface area (TPSA) is 3.24 Å². The van der Waals surface area contributed by atoms with Crippen LogP contribution in [0, 0.1) is 11.8 Å². The van der Waals surface area contributed by atoms with Gasteiger partial charge in [-0.2, -0.15) is 0 Å². The molecule has 0 amide bonds. The van der Waals surface area contributed by atoms with E-state index in [0.717, 1.165) is 17.8 Å². The monoisotopic (exact) mass is 647 g/mol. The van der Waals surface area contributed by atoms with Crippen LogP contribution in [-0.2, 0) is 10.8 Å². The van der Waals surface area contributed by atoms with E-state index in [4.69, 9.17) is 0 Å². The van der Waals surface area contributed by atoms with Crippen LogP contribution in [0.3, 0.4) is 0 Å². The fourth-order valence-electron chi connectivity index (χ4n) is 10.6. The van der Waals surface area contributed by atoms with E-state index in [9.17, 15) is 0 Å². The Bertz CT molecular complexity index is 2290. The Balaban J connectivity index is 1.06. The molecule has 6 aromatic rings. The average molecular weight is 648 g/mol. The van der Waals surface area contributed by atoms with Gasteiger partial charge in [0.25, 0.3) is 0 Å². The van der Waals surface area contributed by atoms with Gasteiger partial charge in [0, 0.05) is 27.9 Å². The first-order valence-electron chi connectivity index (χ1n) is 18.8. The summed E-state index contributed by atoms with van der Waals surface area (Å²) in [4.78, 5) is 2.45. The van der Waals surface area contributed by atoms with E-state index in [1.165, 1.54) is 104 Å². The molecule has 0 N–H and O–H groups in total. The molecule has 2 fully saturated rings. The first kappa shape index (κ1) is 30.0. The highest BCUT2D eigenvalue weighted by Gasteiger charge is 2.41. The van der Waals surface area contributed by atoms with E-state index in [2.05, 4.69) is 166 Å². The zero-order valence-electron chi connectivity index (χ0n) is 29.7. The van der Waals surface area contributed by atoms with Crippen molar-refractivity contribution in [3.8, 4) is 33.4 Å². The maximum absolute atomic E-state index is 2.47. The van der Waals surface area contributed by atoms with Gasteiger partial charge in [-0.1, -0.05) is 125 Å². The van der Waals surface area contributed by atoms with Crippen molar-refractivity contribution < 1.29 is 0 Å². The Kier molecular flexibility index (Phi) is 6.48. The van der Waals surface area contributed by atoms with Crippen LogP contribution in [0.4, 0.5) is 17.1 Å². The molecular weight excluding hydrogens is 603 g/mol. The Morgan fingerprint density at radius 3 is 1.94 bits per heavy atom. The standard InChI is InChI=1S/C49H45N/c1-48(2)43-15-9-8-13-40(43)47-38(14-10-16-45(47)48)34-21-26-44-42(29-34)39-25-24-37(30-46(39)49(44,3)4)50(35-11-6-5-7-12-35)36-22-19-32(20-23-36)41-28-31-17-18-33(41)27-31/h5-16,19-26,29-31,33,41H,17-18,27-28H2,1-4H3. The van der Waals surface area contributed by atoms with Gasteiger partial charge in [-0.15, -0.1) is 0 Å². The maximum Gasteiger partial charge on any atom is 0.0465 e. The number of rotatable bonds is 5. The Morgan fingerprint density at radius 2 is 1.16 bits per heavy atom. The second kappa shape index (κ2) is 10.8. The van der Waals surface area contributed by atoms with E-state index < -0.39 is 0 Å². The van der Waals surface area contributed by atoms with Crippen LogP contribution in [-0.4, -0.2) is 0 Å². The van der Waals surface area contributed by atoms with Gasteiger partial charge < -0.3 is 4.90 Å². The van der Waals surface area contributed by atoms with Gasteiger partial charge in [-0.25, -0.2) is 0 Å². The molecule has 4 aliphatic carbocycles. The third-order valence-corrected chi connectivity index (χ3v) is 13.2. The van der Waals surface area contributed by atoms with Crippen molar-refractivity contribution >= 4 is 17.1 Å². The predicted molar refractivity (Wildman–Crippen MR) is 210 cm³/mol. The summed E-state index contributed by atoms with van der Waals surface area (Å²) in [6.45, 7) is 9.53. The van der Waals surface area contributed by atoms with Crippen LogP contribution >= 0.6 is 0 Å². The molecule has 2 saturated carbocycles. The quantitative estimate of drug-likeness (QED) is 0.180. The lowest BCUT2D eigenvalue weighted by Crippen LogP contribution is -2.16. The molecule has 4 aliphatic rings. The van der Waals surface area contributed by atoms with Gasteiger partial charge in [0.05, 0.1) is 0 Å². The molecule has 0 saturated heterocycles. The molecule has 3 atom stereocenters. The van der Waals surface area contributed by atoms with Crippen molar-refractivity contribution in [3.63, 3.8) is 0 Å². The van der Waals surface area contributed by atoms with Crippen molar-refractivity contribution in [1.29, 1.82) is 0 Å². The number of nitrogens with zero attached hydrogens (tertiary/aromatic N) is 1. The molecule has 0 heterocycles. The average Bonchev–Trinajstić information content (AvgIpc) is 3.89. The largest absolute Gasteiger partial charge is 0.310 e. The van der Waals surface area contributed by atoms with Crippen molar-refractivity contribution in [2.45, 2.75) is 70.1 Å². The Hall–Kier alpha value is -4.88. The summed E-state index contributed by atoms with van der Waals surface area (Å²) in [6.07, 6.45) is 5.69. The van der Waals surface area contributed by atoms with Crippen LogP contribution in [0.15, 0.2) is 133 Å². The number of para-hydroxylation sites is 1. The van der Waals surface area contributed by atoms with E-state index in [-0.39, 0.29) is 10.8 Å². The van der Waals surface area contributed by atoms with Gasteiger partial charge >= 0.3 is 0 Å². The highest BCUT2D eigenvalue weighted by molar-refractivity contribution is 5.95. The number of hydrogen-bond acceptors (Lipinski definition) is 1. The molecule has 6 aromatic carbocycles. The van der Waals surface area contributed by atoms with Gasteiger partial charge in [0.2, 0.25) is 0 Å². The summed E-state index contributed by atoms with van der Waals surface area (Å²) in [6, 6.07) is 50.8. The predicted octanol–water partition coefficient (Wildman–Crippen LogP) is 13.3. The fraction of sp³-hybridized carbons (Fsp3) is 0.265. The second-order valence-corrected chi connectivity index (χ2v) is 16.6. The minimum atomic E-state index is -0.111. The van der Waals surface area contributed by atoms with Crippen LogP contribution < -0.4 is 4.90 Å². The SMILES string of the molecule is CC1(C)c2ccc(-c3cccc4c3-c3ccccc3C4(C)C)cc2-c2ccc(N(c3ccccc3)c3ccc(C4CC5CCC4C5)cc3)cc21. The maximum atomic E-state index is 2.47. The van der Waals surface area contributed by atoms with E-state index in [0.29, 0.717) is 0 Å². The summed E-state index contributed by atoms with van der Waals surface area (Å²) in [5.74, 6) is 2.59. The molecule has 0 spiro atoms. The molecule has 3 unspecified atom stereocenters. The molecule has 10 rings (SSSR count). The molecule has 0 aromatic heterocycles. The van der Waals surface area contributed by atoms with E-state index in [1.807, 2.05) is 0 Å². The highest BCUT2D eigenvalue weighted by Crippen LogP contribution is 2.56. The van der Waals surface area contributed by atoms with Gasteiger partial charge in [0.1, 0.15) is 0 Å². The summed E-state index contributed by atoms with van der Waals surface area (Å²) in [5.41, 5.74) is 18.8.